The van der Waals surface area contributed by atoms with Gasteiger partial charge in [0.05, 0.1) is 21.3 Å². The van der Waals surface area contributed by atoms with Crippen molar-refractivity contribution < 1.29 is 19.0 Å². The lowest BCUT2D eigenvalue weighted by Gasteiger charge is -2.14. The molecule has 1 N–H and O–H groups in total. The minimum Gasteiger partial charge on any atom is -0.493 e. The molecule has 0 atom stereocenters. The fourth-order valence-corrected chi connectivity index (χ4v) is 2.99. The summed E-state index contributed by atoms with van der Waals surface area (Å²) in [7, 11) is 4.71. The van der Waals surface area contributed by atoms with Crippen molar-refractivity contribution in [2.45, 2.75) is 19.8 Å². The van der Waals surface area contributed by atoms with Gasteiger partial charge in [0.25, 0.3) is 0 Å². The number of halogens is 1. The number of ether oxygens (including phenoxy) is 3. The van der Waals surface area contributed by atoms with Crippen molar-refractivity contribution in [3.63, 3.8) is 0 Å². The van der Waals surface area contributed by atoms with Crippen LogP contribution in [0.2, 0.25) is 0 Å². The Balaban J connectivity index is 2.06. The molecule has 2 rings (SSSR count). The van der Waals surface area contributed by atoms with E-state index in [0.717, 1.165) is 21.3 Å². The summed E-state index contributed by atoms with van der Waals surface area (Å²) in [5.41, 5.74) is 2.77. The van der Waals surface area contributed by atoms with Crippen molar-refractivity contribution in [2.75, 3.05) is 26.6 Å². The predicted molar refractivity (Wildman–Crippen MR) is 102 cm³/mol. The normalized spacial score (nSPS) is 10.3. The van der Waals surface area contributed by atoms with Crippen LogP contribution in [0.3, 0.4) is 0 Å². The van der Waals surface area contributed by atoms with E-state index in [4.69, 9.17) is 14.2 Å². The van der Waals surface area contributed by atoms with Crippen molar-refractivity contribution in [3.8, 4) is 17.2 Å². The largest absolute Gasteiger partial charge is 0.493 e. The van der Waals surface area contributed by atoms with E-state index in [-0.39, 0.29) is 5.91 Å². The number of nitrogens with one attached hydrogen (secondary N) is 1. The minimum atomic E-state index is -0.0424. The Hall–Kier alpha value is -2.21. The second-order valence-corrected chi connectivity index (χ2v) is 6.46. The third-order valence-corrected chi connectivity index (χ3v) is 4.32. The molecule has 0 fully saturated rings. The Bertz CT molecular complexity index is 736. The smallest absolute Gasteiger partial charge is 0.224 e. The number of anilines is 1. The van der Waals surface area contributed by atoms with Gasteiger partial charge in [-0.05, 0) is 54.8 Å². The molecule has 134 valence electrons. The molecule has 0 aliphatic carbocycles. The van der Waals surface area contributed by atoms with E-state index in [2.05, 4.69) is 21.2 Å². The maximum atomic E-state index is 12.2. The van der Waals surface area contributed by atoms with Crippen LogP contribution in [0.1, 0.15) is 17.5 Å². The molecule has 0 aliphatic heterocycles. The molecule has 0 saturated heterocycles. The van der Waals surface area contributed by atoms with Gasteiger partial charge in [0.2, 0.25) is 11.7 Å². The predicted octanol–water partition coefficient (Wildman–Crippen LogP) is 4.35. The summed E-state index contributed by atoms with van der Waals surface area (Å²) in [6, 6.07) is 9.48. The maximum absolute atomic E-state index is 12.2. The first-order chi connectivity index (χ1) is 12.0. The summed E-state index contributed by atoms with van der Waals surface area (Å²) in [5.74, 6) is 1.67. The fraction of sp³-hybridized carbons (Fsp3) is 0.316. The Labute approximate surface area is 156 Å². The topological polar surface area (TPSA) is 56.8 Å². The highest BCUT2D eigenvalue weighted by molar-refractivity contribution is 9.10. The highest BCUT2D eigenvalue weighted by Gasteiger charge is 2.14. The number of rotatable bonds is 7. The van der Waals surface area contributed by atoms with Crippen LogP contribution in [-0.4, -0.2) is 27.2 Å². The van der Waals surface area contributed by atoms with Gasteiger partial charge in [-0.3, -0.25) is 4.79 Å². The monoisotopic (exact) mass is 407 g/mol. The van der Waals surface area contributed by atoms with Crippen molar-refractivity contribution in [1.29, 1.82) is 0 Å². The van der Waals surface area contributed by atoms with E-state index >= 15 is 0 Å². The van der Waals surface area contributed by atoms with Gasteiger partial charge in [0.1, 0.15) is 0 Å². The van der Waals surface area contributed by atoms with Gasteiger partial charge in [-0.15, -0.1) is 0 Å². The number of hydrogen-bond donors (Lipinski definition) is 1. The Morgan fingerprint density at radius 3 is 2.20 bits per heavy atom. The van der Waals surface area contributed by atoms with Crippen LogP contribution in [0.25, 0.3) is 0 Å². The lowest BCUT2D eigenvalue weighted by Crippen LogP contribution is -2.13. The third-order valence-electron chi connectivity index (χ3n) is 3.83. The van der Waals surface area contributed by atoms with E-state index in [9.17, 15) is 4.79 Å². The standard InChI is InChI=1S/C19H22BrNO4/c1-12-9-14(20)6-7-15(12)21-18(22)8-5-13-10-16(23-2)19(25-4)17(11-13)24-3/h6-7,9-11H,5,8H2,1-4H3,(H,21,22). The molecular weight excluding hydrogens is 386 g/mol. The van der Waals surface area contributed by atoms with Crippen LogP contribution in [0.15, 0.2) is 34.8 Å². The van der Waals surface area contributed by atoms with Gasteiger partial charge < -0.3 is 19.5 Å². The maximum Gasteiger partial charge on any atom is 0.224 e. The number of aryl methyl sites for hydroxylation is 2. The molecule has 0 bridgehead atoms. The first-order valence-corrected chi connectivity index (χ1v) is 8.62. The molecule has 0 heterocycles. The molecule has 2 aromatic rings. The van der Waals surface area contributed by atoms with Crippen LogP contribution in [0.5, 0.6) is 17.2 Å². The van der Waals surface area contributed by atoms with E-state index in [1.54, 1.807) is 21.3 Å². The zero-order chi connectivity index (χ0) is 18.4. The van der Waals surface area contributed by atoms with Gasteiger partial charge in [-0.25, -0.2) is 0 Å². The molecule has 25 heavy (non-hydrogen) atoms. The second kappa shape index (κ2) is 8.76. The summed E-state index contributed by atoms with van der Waals surface area (Å²) in [4.78, 5) is 12.2. The number of carbonyl (C=O) groups is 1. The van der Waals surface area contributed by atoms with Gasteiger partial charge >= 0.3 is 0 Å². The molecular formula is C19H22BrNO4. The van der Waals surface area contributed by atoms with E-state index < -0.39 is 0 Å². The molecule has 0 radical (unpaired) electrons. The molecule has 0 aliphatic rings. The molecule has 6 heteroatoms. The Kier molecular flexibility index (Phi) is 6.70. The molecule has 0 unspecified atom stereocenters. The average Bonchev–Trinajstić information content (AvgIpc) is 2.61. The zero-order valence-corrected chi connectivity index (χ0v) is 16.4. The second-order valence-electron chi connectivity index (χ2n) is 5.54. The average molecular weight is 408 g/mol. The van der Waals surface area contributed by atoms with Crippen LogP contribution < -0.4 is 19.5 Å². The molecule has 0 saturated carbocycles. The van der Waals surface area contributed by atoms with Gasteiger partial charge in [0.15, 0.2) is 11.5 Å². The molecule has 0 aromatic heterocycles. The Morgan fingerprint density at radius 2 is 1.68 bits per heavy atom. The quantitative estimate of drug-likeness (QED) is 0.740. The zero-order valence-electron chi connectivity index (χ0n) is 14.8. The molecule has 2 aromatic carbocycles. The first-order valence-electron chi connectivity index (χ1n) is 7.83. The highest BCUT2D eigenvalue weighted by atomic mass is 79.9. The first kappa shape index (κ1) is 19.1. The molecule has 5 nitrogen and oxygen atoms in total. The van der Waals surface area contributed by atoms with Crippen LogP contribution in [0, 0.1) is 6.92 Å². The number of carbonyl (C=O) groups excluding carboxylic acids is 1. The van der Waals surface area contributed by atoms with Crippen molar-refractivity contribution >= 4 is 27.5 Å². The van der Waals surface area contributed by atoms with Crippen molar-refractivity contribution in [2.24, 2.45) is 0 Å². The van der Waals surface area contributed by atoms with Crippen LogP contribution in [0.4, 0.5) is 5.69 Å². The van der Waals surface area contributed by atoms with Crippen molar-refractivity contribution in [1.82, 2.24) is 0 Å². The van der Waals surface area contributed by atoms with Gasteiger partial charge in [0, 0.05) is 16.6 Å². The molecule has 1 amide bonds. The van der Waals surface area contributed by atoms with Crippen LogP contribution >= 0.6 is 15.9 Å². The lowest BCUT2D eigenvalue weighted by molar-refractivity contribution is -0.116. The number of amides is 1. The SMILES string of the molecule is COc1cc(CCC(=O)Nc2ccc(Br)cc2C)cc(OC)c1OC. The number of benzene rings is 2. The lowest BCUT2D eigenvalue weighted by atomic mass is 10.1. The summed E-state index contributed by atoms with van der Waals surface area (Å²) < 4.78 is 17.0. The number of methoxy groups -OCH3 is 3. The number of hydrogen-bond acceptors (Lipinski definition) is 4. The summed E-state index contributed by atoms with van der Waals surface area (Å²) in [6.45, 7) is 1.96. The minimum absolute atomic E-state index is 0.0424. The third kappa shape index (κ3) is 4.89. The van der Waals surface area contributed by atoms with E-state index in [1.165, 1.54) is 0 Å². The molecule has 0 spiro atoms. The van der Waals surface area contributed by atoms with Crippen LogP contribution in [-0.2, 0) is 11.2 Å². The van der Waals surface area contributed by atoms with Gasteiger partial charge in [-0.2, -0.15) is 0 Å². The summed E-state index contributed by atoms with van der Waals surface area (Å²) >= 11 is 3.42. The summed E-state index contributed by atoms with van der Waals surface area (Å²) in [5, 5.41) is 2.94. The van der Waals surface area contributed by atoms with E-state index in [0.29, 0.717) is 30.1 Å². The fourth-order valence-electron chi connectivity index (χ4n) is 2.52. The summed E-state index contributed by atoms with van der Waals surface area (Å²) in [6.07, 6.45) is 0.923. The van der Waals surface area contributed by atoms with Crippen molar-refractivity contribution in [3.05, 3.63) is 45.9 Å². The van der Waals surface area contributed by atoms with E-state index in [1.807, 2.05) is 37.3 Å². The highest BCUT2D eigenvalue weighted by Crippen LogP contribution is 2.38. The van der Waals surface area contributed by atoms with Gasteiger partial charge in [-0.1, -0.05) is 15.9 Å². The Morgan fingerprint density at radius 1 is 1.04 bits per heavy atom.